The lowest BCUT2D eigenvalue weighted by atomic mass is 10.3. The van der Waals surface area contributed by atoms with Gasteiger partial charge in [0.15, 0.2) is 5.82 Å². The van der Waals surface area contributed by atoms with Gasteiger partial charge in [-0.3, -0.25) is 10.2 Å². The van der Waals surface area contributed by atoms with E-state index in [0.717, 1.165) is 5.69 Å². The van der Waals surface area contributed by atoms with Crippen LogP contribution in [0.15, 0.2) is 47.2 Å². The van der Waals surface area contributed by atoms with Crippen LogP contribution in [-0.4, -0.2) is 17.7 Å². The van der Waals surface area contributed by atoms with Crippen molar-refractivity contribution in [1.29, 1.82) is 0 Å². The zero-order valence-corrected chi connectivity index (χ0v) is 9.46. The Bertz CT molecular complexity index is 468. The first-order valence-corrected chi connectivity index (χ1v) is 5.35. The lowest BCUT2D eigenvalue weighted by Gasteiger charge is -2.20. The third-order valence-corrected chi connectivity index (χ3v) is 2.30. The number of amides is 2. The first-order valence-electron chi connectivity index (χ1n) is 5.35. The summed E-state index contributed by atoms with van der Waals surface area (Å²) in [5, 5.41) is 6.29. The molecule has 1 heterocycles. The van der Waals surface area contributed by atoms with E-state index in [4.69, 9.17) is 0 Å². The predicted molar refractivity (Wildman–Crippen MR) is 65.0 cm³/mol. The smallest absolute Gasteiger partial charge is 0.327 e. The van der Waals surface area contributed by atoms with Crippen LogP contribution in [0.3, 0.4) is 0 Å². The Balaban J connectivity index is 2.11. The number of carbonyl (C=O) groups is 1. The molecule has 0 radical (unpaired) electrons. The van der Waals surface area contributed by atoms with Gasteiger partial charge in [-0.15, -0.1) is 0 Å². The lowest BCUT2D eigenvalue weighted by molar-refractivity contribution is 0.257. The quantitative estimate of drug-likeness (QED) is 0.883. The number of carbonyl (C=O) groups excluding carboxylic acids is 1. The maximum atomic E-state index is 12.0. The molecular formula is C12H13N3O2. The van der Waals surface area contributed by atoms with Gasteiger partial charge in [-0.1, -0.05) is 23.4 Å². The zero-order valence-electron chi connectivity index (χ0n) is 9.46. The van der Waals surface area contributed by atoms with Gasteiger partial charge in [-0.25, -0.2) is 4.79 Å². The van der Waals surface area contributed by atoms with Gasteiger partial charge in [0.05, 0.1) is 0 Å². The Morgan fingerprint density at radius 1 is 1.35 bits per heavy atom. The van der Waals surface area contributed by atoms with Crippen LogP contribution in [0, 0.1) is 0 Å². The van der Waals surface area contributed by atoms with Crippen LogP contribution in [0.1, 0.15) is 6.92 Å². The van der Waals surface area contributed by atoms with Crippen LogP contribution in [0.2, 0.25) is 0 Å². The maximum Gasteiger partial charge on any atom is 0.327 e. The van der Waals surface area contributed by atoms with Gasteiger partial charge in [0.2, 0.25) is 0 Å². The molecule has 0 aliphatic heterocycles. The van der Waals surface area contributed by atoms with E-state index in [0.29, 0.717) is 12.4 Å². The van der Waals surface area contributed by atoms with Crippen LogP contribution in [0.4, 0.5) is 16.3 Å². The van der Waals surface area contributed by atoms with Crippen LogP contribution >= 0.6 is 0 Å². The van der Waals surface area contributed by atoms with Gasteiger partial charge < -0.3 is 4.52 Å². The molecule has 0 bridgehead atoms. The highest BCUT2D eigenvalue weighted by Crippen LogP contribution is 2.14. The highest BCUT2D eigenvalue weighted by atomic mass is 16.5. The molecule has 2 amide bonds. The molecule has 88 valence electrons. The molecule has 0 aliphatic rings. The summed E-state index contributed by atoms with van der Waals surface area (Å²) in [5.41, 5.74) is 0.844. The van der Waals surface area contributed by atoms with Gasteiger partial charge in [-0.05, 0) is 19.1 Å². The molecule has 0 aliphatic carbocycles. The molecule has 0 atom stereocenters. The van der Waals surface area contributed by atoms with Crippen LogP contribution in [0.25, 0.3) is 0 Å². The number of nitrogens with zero attached hydrogens (tertiary/aromatic N) is 2. The molecule has 1 aromatic carbocycles. The topological polar surface area (TPSA) is 58.4 Å². The largest absolute Gasteiger partial charge is 0.363 e. The van der Waals surface area contributed by atoms with Gasteiger partial charge in [0, 0.05) is 18.3 Å². The molecule has 0 saturated carbocycles. The Morgan fingerprint density at radius 3 is 2.71 bits per heavy atom. The number of rotatable bonds is 3. The SMILES string of the molecule is CCN(C(=O)Nc1ccon1)c1ccccc1. The Kier molecular flexibility index (Phi) is 3.40. The minimum Gasteiger partial charge on any atom is -0.363 e. The summed E-state index contributed by atoms with van der Waals surface area (Å²) in [6.07, 6.45) is 1.41. The Morgan fingerprint density at radius 2 is 2.12 bits per heavy atom. The van der Waals surface area contributed by atoms with Crippen molar-refractivity contribution in [2.24, 2.45) is 0 Å². The van der Waals surface area contributed by atoms with Crippen molar-refractivity contribution in [3.8, 4) is 0 Å². The maximum absolute atomic E-state index is 12.0. The summed E-state index contributed by atoms with van der Waals surface area (Å²) in [7, 11) is 0. The van der Waals surface area contributed by atoms with Crippen molar-refractivity contribution in [3.63, 3.8) is 0 Å². The van der Waals surface area contributed by atoms with Crippen molar-refractivity contribution < 1.29 is 9.32 Å². The average molecular weight is 231 g/mol. The number of benzene rings is 1. The van der Waals surface area contributed by atoms with Crippen LogP contribution in [0.5, 0.6) is 0 Å². The van der Waals surface area contributed by atoms with Gasteiger partial charge in [0.1, 0.15) is 6.26 Å². The second-order valence-electron chi connectivity index (χ2n) is 3.39. The third-order valence-electron chi connectivity index (χ3n) is 2.30. The fourth-order valence-electron chi connectivity index (χ4n) is 1.51. The van der Waals surface area contributed by atoms with E-state index in [-0.39, 0.29) is 6.03 Å². The second-order valence-corrected chi connectivity index (χ2v) is 3.39. The number of aromatic nitrogens is 1. The van der Waals surface area contributed by atoms with Crippen LogP contribution < -0.4 is 10.2 Å². The number of para-hydroxylation sites is 1. The van der Waals surface area contributed by atoms with Crippen molar-refractivity contribution in [1.82, 2.24) is 5.16 Å². The van der Waals surface area contributed by atoms with E-state index in [1.807, 2.05) is 37.3 Å². The summed E-state index contributed by atoms with van der Waals surface area (Å²) >= 11 is 0. The number of anilines is 2. The molecule has 5 nitrogen and oxygen atoms in total. The lowest BCUT2D eigenvalue weighted by Crippen LogP contribution is -2.34. The first-order chi connectivity index (χ1) is 8.31. The Labute approximate surface area is 99.0 Å². The van der Waals surface area contributed by atoms with Crippen molar-refractivity contribution in [2.45, 2.75) is 6.92 Å². The summed E-state index contributed by atoms with van der Waals surface area (Å²) in [5.74, 6) is 0.407. The van der Waals surface area contributed by atoms with E-state index >= 15 is 0 Å². The molecule has 1 aromatic heterocycles. The monoisotopic (exact) mass is 231 g/mol. The van der Waals surface area contributed by atoms with Gasteiger partial charge >= 0.3 is 6.03 Å². The van der Waals surface area contributed by atoms with E-state index < -0.39 is 0 Å². The summed E-state index contributed by atoms with van der Waals surface area (Å²) in [6, 6.07) is 10.8. The molecule has 2 rings (SSSR count). The fourth-order valence-corrected chi connectivity index (χ4v) is 1.51. The van der Waals surface area contributed by atoms with E-state index in [9.17, 15) is 4.79 Å². The van der Waals surface area contributed by atoms with E-state index in [1.54, 1.807) is 11.0 Å². The second kappa shape index (κ2) is 5.16. The highest BCUT2D eigenvalue weighted by Gasteiger charge is 2.14. The zero-order chi connectivity index (χ0) is 12.1. The molecule has 0 spiro atoms. The summed E-state index contributed by atoms with van der Waals surface area (Å²) in [4.78, 5) is 13.6. The molecule has 17 heavy (non-hydrogen) atoms. The summed E-state index contributed by atoms with van der Waals surface area (Å²) in [6.45, 7) is 2.49. The van der Waals surface area contributed by atoms with Gasteiger partial charge in [-0.2, -0.15) is 0 Å². The molecule has 0 saturated heterocycles. The summed E-state index contributed by atoms with van der Waals surface area (Å²) < 4.78 is 4.65. The van der Waals surface area contributed by atoms with Crippen LogP contribution in [-0.2, 0) is 0 Å². The standard InChI is InChI=1S/C12H13N3O2/c1-2-15(10-6-4-3-5-7-10)12(16)13-11-8-9-17-14-11/h3-9H,2H2,1H3,(H,13,14,16). The number of hydrogen-bond donors (Lipinski definition) is 1. The van der Waals surface area contributed by atoms with Crippen molar-refractivity contribution in [3.05, 3.63) is 42.7 Å². The number of hydrogen-bond acceptors (Lipinski definition) is 3. The van der Waals surface area contributed by atoms with E-state index in [1.165, 1.54) is 6.26 Å². The molecule has 5 heteroatoms. The highest BCUT2D eigenvalue weighted by molar-refractivity contribution is 6.01. The molecular weight excluding hydrogens is 218 g/mol. The first kappa shape index (κ1) is 11.2. The molecule has 1 N–H and O–H groups in total. The van der Waals surface area contributed by atoms with E-state index in [2.05, 4.69) is 15.0 Å². The molecule has 0 fully saturated rings. The Hall–Kier alpha value is -2.30. The normalized spacial score (nSPS) is 9.94. The minimum atomic E-state index is -0.229. The molecule has 0 unspecified atom stereocenters. The average Bonchev–Trinajstić information content (AvgIpc) is 2.84. The third kappa shape index (κ3) is 2.63. The number of urea groups is 1. The molecule has 2 aromatic rings. The fraction of sp³-hybridized carbons (Fsp3) is 0.167. The minimum absolute atomic E-state index is 0.229. The number of nitrogens with one attached hydrogen (secondary N) is 1. The van der Waals surface area contributed by atoms with Gasteiger partial charge in [0.25, 0.3) is 0 Å². The predicted octanol–water partition coefficient (Wildman–Crippen LogP) is 2.73. The van der Waals surface area contributed by atoms with Crippen molar-refractivity contribution in [2.75, 3.05) is 16.8 Å². The van der Waals surface area contributed by atoms with Crippen molar-refractivity contribution >= 4 is 17.5 Å².